The van der Waals surface area contributed by atoms with Crippen molar-refractivity contribution in [3.8, 4) is 0 Å². The second-order valence-corrected chi connectivity index (χ2v) is 6.80. The van der Waals surface area contributed by atoms with Gasteiger partial charge >= 0.3 is 5.97 Å². The Labute approximate surface area is 144 Å². The summed E-state index contributed by atoms with van der Waals surface area (Å²) < 4.78 is 5.56. The third kappa shape index (κ3) is 3.23. The van der Waals surface area contributed by atoms with Gasteiger partial charge in [-0.05, 0) is 50.3 Å². The second kappa shape index (κ2) is 6.80. The van der Waals surface area contributed by atoms with Gasteiger partial charge in [-0.3, -0.25) is 9.59 Å². The van der Waals surface area contributed by atoms with Crippen molar-refractivity contribution in [1.29, 1.82) is 0 Å². The number of benzene rings is 1. The van der Waals surface area contributed by atoms with Crippen LogP contribution < -0.4 is 5.32 Å². The zero-order chi connectivity index (χ0) is 18.1. The predicted octanol–water partition coefficient (Wildman–Crippen LogP) is 3.83. The number of ether oxygens (including phenoxy) is 1. The van der Waals surface area contributed by atoms with E-state index in [4.69, 9.17) is 4.74 Å². The Morgan fingerprint density at radius 2 is 1.92 bits per heavy atom. The summed E-state index contributed by atoms with van der Waals surface area (Å²) in [5.74, 6) is -0.100. The molecule has 4 heteroatoms. The van der Waals surface area contributed by atoms with E-state index in [0.717, 1.165) is 41.5 Å². The van der Waals surface area contributed by atoms with Crippen molar-refractivity contribution in [3.05, 3.63) is 40.1 Å². The molecule has 0 aromatic heterocycles. The van der Waals surface area contributed by atoms with Crippen LogP contribution in [0.3, 0.4) is 0 Å². The van der Waals surface area contributed by atoms with E-state index in [1.54, 1.807) is 0 Å². The van der Waals surface area contributed by atoms with Crippen LogP contribution in [0.15, 0.2) is 17.9 Å². The van der Waals surface area contributed by atoms with E-state index in [1.165, 1.54) is 6.92 Å². The zero-order valence-electron chi connectivity index (χ0n) is 15.5. The van der Waals surface area contributed by atoms with Crippen LogP contribution in [-0.2, 0) is 20.7 Å². The number of carbonyl (C=O) groups is 2. The minimum absolute atomic E-state index is 0.163. The van der Waals surface area contributed by atoms with Crippen molar-refractivity contribution >= 4 is 17.4 Å². The quantitative estimate of drug-likeness (QED) is 0.835. The third-order valence-corrected chi connectivity index (χ3v) is 4.53. The number of amides is 1. The number of carbonyl (C=O) groups excluding carboxylic acids is 2. The van der Waals surface area contributed by atoms with Gasteiger partial charge in [-0.2, -0.15) is 0 Å². The van der Waals surface area contributed by atoms with Crippen molar-refractivity contribution in [1.82, 2.24) is 5.32 Å². The highest BCUT2D eigenvalue weighted by Crippen LogP contribution is 2.39. The van der Waals surface area contributed by atoms with Gasteiger partial charge in [0.25, 0.3) is 5.91 Å². The Morgan fingerprint density at radius 3 is 2.46 bits per heavy atom. The van der Waals surface area contributed by atoms with E-state index in [9.17, 15) is 9.59 Å². The maximum Gasteiger partial charge on any atom is 0.307 e. The number of hydrogen-bond acceptors (Lipinski definition) is 3. The van der Waals surface area contributed by atoms with Gasteiger partial charge in [0.1, 0.15) is 5.76 Å². The molecule has 1 amide bonds. The minimum atomic E-state index is -0.644. The summed E-state index contributed by atoms with van der Waals surface area (Å²) in [4.78, 5) is 24.5. The fourth-order valence-corrected chi connectivity index (χ4v) is 3.65. The highest BCUT2D eigenvalue weighted by atomic mass is 16.5. The van der Waals surface area contributed by atoms with Crippen molar-refractivity contribution in [2.45, 2.75) is 66.3 Å². The van der Waals surface area contributed by atoms with Gasteiger partial charge in [-0.15, -0.1) is 0 Å². The highest BCUT2D eigenvalue weighted by Gasteiger charge is 2.44. The Balaban J connectivity index is 2.76. The molecule has 1 atom stereocenters. The zero-order valence-corrected chi connectivity index (χ0v) is 15.5. The molecule has 0 spiro atoms. The molecule has 1 aromatic carbocycles. The van der Waals surface area contributed by atoms with Gasteiger partial charge in [0.2, 0.25) is 0 Å². The molecular formula is C20H27NO3. The molecule has 1 aromatic rings. The molecule has 1 aliphatic rings. The molecule has 0 saturated carbocycles. The summed E-state index contributed by atoms with van der Waals surface area (Å²) in [5.41, 5.74) is 4.06. The van der Waals surface area contributed by atoms with E-state index < -0.39 is 11.5 Å². The largest absolute Gasteiger partial charge is 0.428 e. The van der Waals surface area contributed by atoms with E-state index in [2.05, 4.69) is 31.3 Å². The molecule has 2 rings (SSSR count). The predicted molar refractivity (Wildman–Crippen MR) is 95.4 cm³/mol. The summed E-state index contributed by atoms with van der Waals surface area (Å²) in [6.45, 7) is 11.5. The first-order valence-electron chi connectivity index (χ1n) is 8.59. The molecule has 0 saturated heterocycles. The summed E-state index contributed by atoms with van der Waals surface area (Å²) in [5, 5.41) is 3.04. The van der Waals surface area contributed by atoms with Crippen LogP contribution in [-0.4, -0.2) is 17.4 Å². The number of nitrogens with one attached hydrogen (secondary N) is 1. The number of aryl methyl sites for hydroxylation is 3. The van der Waals surface area contributed by atoms with Crippen LogP contribution in [0.2, 0.25) is 0 Å². The Kier molecular flexibility index (Phi) is 5.16. The first-order valence-corrected chi connectivity index (χ1v) is 8.59. The molecule has 0 fully saturated rings. The molecule has 1 aliphatic heterocycles. The number of rotatable bonds is 5. The summed E-state index contributed by atoms with van der Waals surface area (Å²) in [7, 11) is 0. The summed E-state index contributed by atoms with van der Waals surface area (Å²) in [6, 6.07) is 4.17. The smallest absolute Gasteiger partial charge is 0.307 e. The van der Waals surface area contributed by atoms with Crippen LogP contribution in [0.4, 0.5) is 0 Å². The van der Waals surface area contributed by atoms with Gasteiger partial charge in [0, 0.05) is 6.92 Å². The van der Waals surface area contributed by atoms with E-state index in [1.807, 2.05) is 20.8 Å². The average Bonchev–Trinajstić information content (AvgIpc) is 2.69. The molecule has 1 heterocycles. The first-order chi connectivity index (χ1) is 11.2. The van der Waals surface area contributed by atoms with Crippen molar-refractivity contribution in [2.75, 3.05) is 0 Å². The molecule has 0 bridgehead atoms. The van der Waals surface area contributed by atoms with Gasteiger partial charge in [-0.25, -0.2) is 0 Å². The molecule has 0 aliphatic carbocycles. The lowest BCUT2D eigenvalue weighted by Gasteiger charge is -2.26. The van der Waals surface area contributed by atoms with Crippen LogP contribution in [0.1, 0.15) is 62.8 Å². The van der Waals surface area contributed by atoms with Crippen molar-refractivity contribution in [2.24, 2.45) is 0 Å². The van der Waals surface area contributed by atoms with Crippen molar-refractivity contribution < 1.29 is 14.3 Å². The van der Waals surface area contributed by atoms with Crippen LogP contribution >= 0.6 is 0 Å². The van der Waals surface area contributed by atoms with E-state index in [0.29, 0.717) is 11.3 Å². The SMILES string of the molecule is CCCC1(C)NC(=O)C(c2c(C)cc(C)cc2CC)=C1OC(C)=O. The van der Waals surface area contributed by atoms with E-state index in [-0.39, 0.29) is 5.91 Å². The number of esters is 1. The normalized spacial score (nSPS) is 20.3. The third-order valence-electron chi connectivity index (χ3n) is 4.53. The van der Waals surface area contributed by atoms with Crippen LogP contribution in [0.25, 0.3) is 5.57 Å². The van der Waals surface area contributed by atoms with Gasteiger partial charge in [0.05, 0.1) is 11.1 Å². The fourth-order valence-electron chi connectivity index (χ4n) is 3.65. The lowest BCUT2D eigenvalue weighted by Crippen LogP contribution is -2.42. The van der Waals surface area contributed by atoms with E-state index >= 15 is 0 Å². The number of hydrogen-bond donors (Lipinski definition) is 1. The fraction of sp³-hybridized carbons (Fsp3) is 0.500. The van der Waals surface area contributed by atoms with Gasteiger partial charge in [0.15, 0.2) is 0 Å². The van der Waals surface area contributed by atoms with Gasteiger partial charge < -0.3 is 10.1 Å². The first kappa shape index (κ1) is 18.2. The topological polar surface area (TPSA) is 55.4 Å². The van der Waals surface area contributed by atoms with Crippen LogP contribution in [0.5, 0.6) is 0 Å². The molecule has 24 heavy (non-hydrogen) atoms. The molecule has 4 nitrogen and oxygen atoms in total. The minimum Gasteiger partial charge on any atom is -0.428 e. The van der Waals surface area contributed by atoms with Gasteiger partial charge in [-0.1, -0.05) is 38.0 Å². The second-order valence-electron chi connectivity index (χ2n) is 6.80. The molecule has 130 valence electrons. The molecule has 1 N–H and O–H groups in total. The average molecular weight is 329 g/mol. The maximum atomic E-state index is 12.8. The molecule has 1 unspecified atom stereocenters. The summed E-state index contributed by atoms with van der Waals surface area (Å²) >= 11 is 0. The standard InChI is InChI=1S/C20H27NO3/c1-7-9-20(6)18(24-14(5)22)17(19(23)21-20)16-13(4)10-12(3)11-15(16)8-2/h10-11H,7-9H2,1-6H3,(H,21,23). The summed E-state index contributed by atoms with van der Waals surface area (Å²) in [6.07, 6.45) is 2.41. The Bertz CT molecular complexity index is 718. The lowest BCUT2D eigenvalue weighted by atomic mass is 9.88. The monoisotopic (exact) mass is 329 g/mol. The molecular weight excluding hydrogens is 302 g/mol. The Hall–Kier alpha value is -2.10. The maximum absolute atomic E-state index is 12.8. The highest BCUT2D eigenvalue weighted by molar-refractivity contribution is 6.24. The van der Waals surface area contributed by atoms with Crippen LogP contribution in [0, 0.1) is 13.8 Å². The molecule has 0 radical (unpaired) electrons. The Morgan fingerprint density at radius 1 is 1.25 bits per heavy atom. The van der Waals surface area contributed by atoms with Crippen molar-refractivity contribution in [3.63, 3.8) is 0 Å². The lowest BCUT2D eigenvalue weighted by molar-refractivity contribution is -0.138.